The highest BCUT2D eigenvalue weighted by Gasteiger charge is 2.20. The van der Waals surface area contributed by atoms with Crippen molar-refractivity contribution in [2.45, 2.75) is 6.42 Å². The molecule has 164 valence electrons. The highest BCUT2D eigenvalue weighted by Crippen LogP contribution is 2.25. The number of ether oxygens (including phenoxy) is 2. The number of anilines is 1. The summed E-state index contributed by atoms with van der Waals surface area (Å²) in [4.78, 5) is 28.7. The lowest BCUT2D eigenvalue weighted by atomic mass is 10.1. The number of amides is 2. The van der Waals surface area contributed by atoms with Crippen molar-refractivity contribution in [3.63, 3.8) is 0 Å². The summed E-state index contributed by atoms with van der Waals surface area (Å²) in [5.74, 6) is 1.11. The minimum Gasteiger partial charge on any atom is -0.497 e. The molecule has 0 aliphatic carbocycles. The van der Waals surface area contributed by atoms with Gasteiger partial charge < -0.3 is 24.6 Å². The third-order valence-corrected chi connectivity index (χ3v) is 5.25. The van der Waals surface area contributed by atoms with Gasteiger partial charge in [-0.2, -0.15) is 0 Å². The first-order valence-corrected chi connectivity index (χ1v) is 10.4. The molecule has 1 fully saturated rings. The Morgan fingerprint density at radius 3 is 2.42 bits per heavy atom. The van der Waals surface area contributed by atoms with Crippen LogP contribution in [-0.4, -0.2) is 63.7 Å². The van der Waals surface area contributed by atoms with E-state index in [2.05, 4.69) is 22.3 Å². The molecule has 0 saturated carbocycles. The molecule has 2 amide bonds. The van der Waals surface area contributed by atoms with E-state index in [1.807, 2.05) is 29.2 Å². The zero-order chi connectivity index (χ0) is 22.1. The molecule has 0 aromatic heterocycles. The molecular formula is C24H29N3O4. The normalized spacial score (nSPS) is 13.9. The summed E-state index contributed by atoms with van der Waals surface area (Å²) >= 11 is 0. The fourth-order valence-electron chi connectivity index (χ4n) is 3.48. The van der Waals surface area contributed by atoms with E-state index in [0.717, 1.165) is 18.7 Å². The van der Waals surface area contributed by atoms with Crippen molar-refractivity contribution < 1.29 is 19.1 Å². The average molecular weight is 424 g/mol. The minimum atomic E-state index is -0.250. The third kappa shape index (κ3) is 6.25. The summed E-state index contributed by atoms with van der Waals surface area (Å²) in [7, 11) is 3.15. The summed E-state index contributed by atoms with van der Waals surface area (Å²) in [6, 6.07) is 15.6. The Bertz CT molecular complexity index is 906. The Labute approximate surface area is 183 Å². The Morgan fingerprint density at radius 1 is 1.00 bits per heavy atom. The molecule has 0 spiro atoms. The molecule has 1 saturated heterocycles. The van der Waals surface area contributed by atoms with Gasteiger partial charge >= 0.3 is 0 Å². The van der Waals surface area contributed by atoms with Crippen molar-refractivity contribution in [2.24, 2.45) is 0 Å². The highest BCUT2D eigenvalue weighted by atomic mass is 16.5. The quantitative estimate of drug-likeness (QED) is 0.661. The summed E-state index contributed by atoms with van der Waals surface area (Å²) in [6.45, 7) is 3.32. The smallest absolute Gasteiger partial charge is 0.244 e. The molecule has 0 bridgehead atoms. The minimum absolute atomic E-state index is 0.0637. The van der Waals surface area contributed by atoms with E-state index in [-0.39, 0.29) is 18.2 Å². The molecule has 1 heterocycles. The van der Waals surface area contributed by atoms with Crippen LogP contribution in [0.25, 0.3) is 6.08 Å². The fourth-order valence-corrected chi connectivity index (χ4v) is 3.48. The van der Waals surface area contributed by atoms with Crippen LogP contribution in [0.2, 0.25) is 0 Å². The second kappa shape index (κ2) is 11.1. The van der Waals surface area contributed by atoms with Gasteiger partial charge in [-0.05, 0) is 30.3 Å². The number of rotatable bonds is 8. The van der Waals surface area contributed by atoms with Crippen LogP contribution in [0.15, 0.2) is 54.6 Å². The first kappa shape index (κ1) is 22.2. The summed E-state index contributed by atoms with van der Waals surface area (Å²) in [6.07, 6.45) is 3.41. The van der Waals surface area contributed by atoms with E-state index >= 15 is 0 Å². The molecule has 2 aromatic carbocycles. The van der Waals surface area contributed by atoms with Crippen LogP contribution in [0.5, 0.6) is 11.5 Å². The van der Waals surface area contributed by atoms with Crippen molar-refractivity contribution in [2.75, 3.05) is 51.8 Å². The van der Waals surface area contributed by atoms with Crippen molar-refractivity contribution in [3.8, 4) is 11.5 Å². The van der Waals surface area contributed by atoms with Crippen LogP contribution in [0, 0.1) is 0 Å². The zero-order valence-electron chi connectivity index (χ0n) is 18.0. The van der Waals surface area contributed by atoms with Gasteiger partial charge in [-0.15, -0.1) is 0 Å². The van der Waals surface area contributed by atoms with Crippen molar-refractivity contribution in [1.29, 1.82) is 0 Å². The second-order valence-electron chi connectivity index (χ2n) is 7.19. The van der Waals surface area contributed by atoms with E-state index < -0.39 is 0 Å². The third-order valence-electron chi connectivity index (χ3n) is 5.25. The molecule has 7 nitrogen and oxygen atoms in total. The number of carbonyl (C=O) groups is 2. The zero-order valence-corrected chi connectivity index (χ0v) is 18.0. The molecule has 2 aromatic rings. The molecule has 7 heteroatoms. The molecule has 0 unspecified atom stereocenters. The number of nitrogens with zero attached hydrogens (tertiary/aromatic N) is 2. The molecule has 3 rings (SSSR count). The molecule has 0 atom stereocenters. The Hall–Kier alpha value is -3.48. The van der Waals surface area contributed by atoms with E-state index in [1.54, 1.807) is 32.4 Å². The molecule has 31 heavy (non-hydrogen) atoms. The van der Waals surface area contributed by atoms with Crippen LogP contribution in [-0.2, 0) is 9.59 Å². The Morgan fingerprint density at radius 2 is 1.74 bits per heavy atom. The lowest BCUT2D eigenvalue weighted by Crippen LogP contribution is -2.49. The molecule has 1 N–H and O–H groups in total. The molecule has 1 aliphatic rings. The average Bonchev–Trinajstić information content (AvgIpc) is 2.83. The van der Waals surface area contributed by atoms with Crippen LogP contribution in [0.4, 0.5) is 5.69 Å². The standard InChI is InChI=1S/C24H29N3O4/c1-30-21-10-8-19(22(18-21)31-2)9-11-23(28)25-13-12-24(29)27-16-14-26(15-17-27)20-6-4-3-5-7-20/h3-11,18H,12-17H2,1-2H3,(H,25,28)/b11-9+. The summed E-state index contributed by atoms with van der Waals surface area (Å²) < 4.78 is 10.5. The monoisotopic (exact) mass is 423 g/mol. The van der Waals surface area contributed by atoms with Crippen LogP contribution in [0.1, 0.15) is 12.0 Å². The predicted octanol–water partition coefficient (Wildman–Crippen LogP) is 2.57. The maximum Gasteiger partial charge on any atom is 0.244 e. The first-order valence-electron chi connectivity index (χ1n) is 10.4. The van der Waals surface area contributed by atoms with Crippen LogP contribution >= 0.6 is 0 Å². The number of carbonyl (C=O) groups excluding carboxylic acids is 2. The first-order chi connectivity index (χ1) is 15.1. The van der Waals surface area contributed by atoms with Gasteiger partial charge in [-0.3, -0.25) is 9.59 Å². The summed E-state index contributed by atoms with van der Waals surface area (Å²) in [5.41, 5.74) is 1.95. The van der Waals surface area contributed by atoms with Gasteiger partial charge in [-0.25, -0.2) is 0 Å². The topological polar surface area (TPSA) is 71.1 Å². The number of benzene rings is 2. The van der Waals surface area contributed by atoms with E-state index in [9.17, 15) is 9.59 Å². The second-order valence-corrected chi connectivity index (χ2v) is 7.19. The number of para-hydroxylation sites is 1. The van der Waals surface area contributed by atoms with Gasteiger partial charge in [0.05, 0.1) is 14.2 Å². The van der Waals surface area contributed by atoms with Crippen molar-refractivity contribution in [1.82, 2.24) is 10.2 Å². The van der Waals surface area contributed by atoms with Crippen molar-refractivity contribution >= 4 is 23.6 Å². The lowest BCUT2D eigenvalue weighted by Gasteiger charge is -2.36. The molecule has 1 aliphatic heterocycles. The molecular weight excluding hydrogens is 394 g/mol. The summed E-state index contributed by atoms with van der Waals surface area (Å²) in [5, 5.41) is 2.77. The van der Waals surface area contributed by atoms with Crippen molar-refractivity contribution in [3.05, 3.63) is 60.2 Å². The Balaban J connectivity index is 1.40. The maximum atomic E-state index is 12.5. The highest BCUT2D eigenvalue weighted by molar-refractivity contribution is 5.92. The number of hydrogen-bond donors (Lipinski definition) is 1. The SMILES string of the molecule is COc1ccc(/C=C/C(=O)NCCC(=O)N2CCN(c3ccccc3)CC2)c(OC)c1. The van der Waals surface area contributed by atoms with E-state index in [1.165, 1.54) is 11.8 Å². The number of hydrogen-bond acceptors (Lipinski definition) is 5. The molecule has 0 radical (unpaired) electrons. The number of methoxy groups -OCH3 is 2. The maximum absolute atomic E-state index is 12.5. The predicted molar refractivity (Wildman–Crippen MR) is 121 cm³/mol. The van der Waals surface area contributed by atoms with Gasteiger partial charge in [-0.1, -0.05) is 18.2 Å². The van der Waals surface area contributed by atoms with Gasteiger partial charge in [0.2, 0.25) is 11.8 Å². The van der Waals surface area contributed by atoms with Gasteiger partial charge in [0.15, 0.2) is 0 Å². The fraction of sp³-hybridized carbons (Fsp3) is 0.333. The van der Waals surface area contributed by atoms with E-state index in [4.69, 9.17) is 9.47 Å². The van der Waals surface area contributed by atoms with E-state index in [0.29, 0.717) is 31.1 Å². The van der Waals surface area contributed by atoms with Crippen LogP contribution < -0.4 is 19.7 Å². The number of nitrogens with one attached hydrogen (secondary N) is 1. The Kier molecular flexibility index (Phi) is 7.92. The number of piperazine rings is 1. The van der Waals surface area contributed by atoms with Gasteiger partial charge in [0, 0.05) is 62.5 Å². The largest absolute Gasteiger partial charge is 0.497 e. The van der Waals surface area contributed by atoms with Crippen LogP contribution in [0.3, 0.4) is 0 Å². The lowest BCUT2D eigenvalue weighted by molar-refractivity contribution is -0.131. The van der Waals surface area contributed by atoms with Gasteiger partial charge in [0.25, 0.3) is 0 Å². The van der Waals surface area contributed by atoms with Gasteiger partial charge in [0.1, 0.15) is 11.5 Å².